The molecule has 0 aliphatic carbocycles. The van der Waals surface area contributed by atoms with Crippen molar-refractivity contribution >= 4 is 23.5 Å². The summed E-state index contributed by atoms with van der Waals surface area (Å²) in [6, 6.07) is 9.12. The van der Waals surface area contributed by atoms with Gasteiger partial charge in [-0.2, -0.15) is 0 Å². The summed E-state index contributed by atoms with van der Waals surface area (Å²) in [6.07, 6.45) is 1.94. The number of amides is 1. The van der Waals surface area contributed by atoms with Gasteiger partial charge < -0.3 is 9.84 Å². The fourth-order valence-electron chi connectivity index (χ4n) is 1.44. The van der Waals surface area contributed by atoms with Crippen LogP contribution in [0.1, 0.15) is 16.1 Å². The number of carbonyl (C=O) groups excluding carboxylic acids is 1. The van der Waals surface area contributed by atoms with Crippen molar-refractivity contribution in [3.63, 3.8) is 0 Å². The van der Waals surface area contributed by atoms with Crippen molar-refractivity contribution < 1.29 is 9.32 Å². The minimum Gasteiger partial charge on any atom is -0.360 e. The van der Waals surface area contributed by atoms with E-state index in [-0.39, 0.29) is 5.91 Å². The molecule has 88 valence electrons. The molecule has 0 spiro atoms. The Balaban J connectivity index is 2.20. The summed E-state index contributed by atoms with van der Waals surface area (Å²) in [5.74, 6) is 0.921. The van der Waals surface area contributed by atoms with Crippen molar-refractivity contribution in [3.8, 4) is 0 Å². The van der Waals surface area contributed by atoms with Crippen LogP contribution >= 0.6 is 11.8 Å². The topological polar surface area (TPSA) is 55.1 Å². The molecule has 2 aromatic rings. The quantitative estimate of drug-likeness (QED) is 0.848. The van der Waals surface area contributed by atoms with Gasteiger partial charge in [-0.3, -0.25) is 4.79 Å². The molecule has 0 fully saturated rings. The predicted octanol–water partition coefficient (Wildman–Crippen LogP) is 2.96. The van der Waals surface area contributed by atoms with E-state index in [2.05, 4.69) is 10.5 Å². The number of hydrogen-bond acceptors (Lipinski definition) is 4. The summed E-state index contributed by atoms with van der Waals surface area (Å²) in [7, 11) is 0. The number of benzene rings is 1. The molecule has 0 saturated heterocycles. The van der Waals surface area contributed by atoms with Gasteiger partial charge in [-0.1, -0.05) is 17.3 Å². The Morgan fingerprint density at radius 2 is 2.18 bits per heavy atom. The van der Waals surface area contributed by atoms with Crippen LogP contribution < -0.4 is 5.32 Å². The normalized spacial score (nSPS) is 10.2. The summed E-state index contributed by atoms with van der Waals surface area (Å²) >= 11 is 1.53. The third-order valence-electron chi connectivity index (χ3n) is 2.22. The molecule has 0 saturated carbocycles. The van der Waals surface area contributed by atoms with E-state index in [4.69, 9.17) is 4.52 Å². The number of anilines is 1. The molecule has 0 aliphatic heterocycles. The molecule has 5 heteroatoms. The molecule has 1 heterocycles. The number of nitrogens with one attached hydrogen (secondary N) is 1. The van der Waals surface area contributed by atoms with Crippen molar-refractivity contribution in [2.45, 2.75) is 11.8 Å². The minimum atomic E-state index is -0.178. The minimum absolute atomic E-state index is 0.178. The van der Waals surface area contributed by atoms with E-state index in [1.54, 1.807) is 19.1 Å². The van der Waals surface area contributed by atoms with Gasteiger partial charge in [-0.15, -0.1) is 11.8 Å². The van der Waals surface area contributed by atoms with Gasteiger partial charge in [-0.05, 0) is 25.3 Å². The Hall–Kier alpha value is -1.75. The zero-order chi connectivity index (χ0) is 12.3. The Morgan fingerprint density at radius 3 is 2.82 bits per heavy atom. The highest BCUT2D eigenvalue weighted by molar-refractivity contribution is 7.98. The first-order chi connectivity index (χ1) is 8.20. The second kappa shape index (κ2) is 5.05. The Bertz CT molecular complexity index is 537. The number of thioether (sulfide) groups is 1. The van der Waals surface area contributed by atoms with Gasteiger partial charge in [0.1, 0.15) is 5.76 Å². The van der Waals surface area contributed by atoms with Crippen molar-refractivity contribution in [2.75, 3.05) is 11.6 Å². The summed E-state index contributed by atoms with van der Waals surface area (Å²) in [5, 5.41) is 6.42. The smallest absolute Gasteiger partial charge is 0.258 e. The van der Waals surface area contributed by atoms with Crippen molar-refractivity contribution in [1.82, 2.24) is 5.16 Å². The van der Waals surface area contributed by atoms with Gasteiger partial charge in [0.15, 0.2) is 5.82 Å². The van der Waals surface area contributed by atoms with Crippen molar-refractivity contribution in [2.24, 2.45) is 0 Å². The standard InChI is InChI=1S/C12H12N2O2S/c1-8-7-11(14-16-8)13-12(15)9-5-3-4-6-10(9)17-2/h3-7H,1-2H3,(H,13,14,15). The van der Waals surface area contributed by atoms with Crippen LogP contribution in [0, 0.1) is 6.92 Å². The number of carbonyl (C=O) groups is 1. The van der Waals surface area contributed by atoms with E-state index in [0.717, 1.165) is 4.90 Å². The average Bonchev–Trinajstić information content (AvgIpc) is 2.74. The largest absolute Gasteiger partial charge is 0.360 e. The third kappa shape index (κ3) is 2.68. The molecule has 2 rings (SSSR count). The number of hydrogen-bond donors (Lipinski definition) is 1. The SMILES string of the molecule is CSc1ccccc1C(=O)Nc1cc(C)on1. The molecule has 1 amide bonds. The number of nitrogens with zero attached hydrogens (tertiary/aromatic N) is 1. The first kappa shape index (κ1) is 11.7. The molecular weight excluding hydrogens is 236 g/mol. The highest BCUT2D eigenvalue weighted by atomic mass is 32.2. The van der Waals surface area contributed by atoms with Crippen LogP contribution in [0.25, 0.3) is 0 Å². The fourth-order valence-corrected chi connectivity index (χ4v) is 2.04. The third-order valence-corrected chi connectivity index (χ3v) is 3.02. The van der Waals surface area contributed by atoms with Gasteiger partial charge in [-0.25, -0.2) is 0 Å². The molecule has 4 nitrogen and oxygen atoms in total. The molecule has 1 aromatic carbocycles. The first-order valence-corrected chi connectivity index (χ1v) is 6.31. The van der Waals surface area contributed by atoms with Crippen LogP contribution in [0.5, 0.6) is 0 Å². The Morgan fingerprint density at radius 1 is 1.41 bits per heavy atom. The van der Waals surface area contributed by atoms with E-state index >= 15 is 0 Å². The molecule has 0 bridgehead atoms. The molecule has 0 radical (unpaired) electrons. The van der Waals surface area contributed by atoms with Gasteiger partial charge in [0.05, 0.1) is 5.56 Å². The first-order valence-electron chi connectivity index (χ1n) is 5.08. The summed E-state index contributed by atoms with van der Waals surface area (Å²) in [6.45, 7) is 1.78. The van der Waals surface area contributed by atoms with Gasteiger partial charge >= 0.3 is 0 Å². The van der Waals surface area contributed by atoms with E-state index < -0.39 is 0 Å². The average molecular weight is 248 g/mol. The van der Waals surface area contributed by atoms with Crippen LogP contribution in [0.4, 0.5) is 5.82 Å². The van der Waals surface area contributed by atoms with Crippen LogP contribution in [0.2, 0.25) is 0 Å². The van der Waals surface area contributed by atoms with Crippen molar-refractivity contribution in [3.05, 3.63) is 41.7 Å². The van der Waals surface area contributed by atoms with E-state index in [1.807, 2.05) is 24.5 Å². The predicted molar refractivity (Wildman–Crippen MR) is 67.4 cm³/mol. The lowest BCUT2D eigenvalue weighted by Gasteiger charge is -2.05. The number of aryl methyl sites for hydroxylation is 1. The maximum Gasteiger partial charge on any atom is 0.258 e. The molecule has 1 N–H and O–H groups in total. The highest BCUT2D eigenvalue weighted by Gasteiger charge is 2.12. The molecule has 17 heavy (non-hydrogen) atoms. The maximum atomic E-state index is 12.0. The van der Waals surface area contributed by atoms with Crippen LogP contribution in [-0.4, -0.2) is 17.3 Å². The van der Waals surface area contributed by atoms with Crippen LogP contribution in [-0.2, 0) is 0 Å². The van der Waals surface area contributed by atoms with E-state index in [1.165, 1.54) is 11.8 Å². The number of aromatic nitrogens is 1. The molecule has 0 atom stereocenters. The monoisotopic (exact) mass is 248 g/mol. The molecular formula is C12H12N2O2S. The van der Waals surface area contributed by atoms with E-state index in [9.17, 15) is 4.79 Å². The Kier molecular flexibility index (Phi) is 3.49. The molecule has 0 unspecified atom stereocenters. The maximum absolute atomic E-state index is 12.0. The zero-order valence-electron chi connectivity index (χ0n) is 9.56. The Labute approximate surface area is 103 Å². The van der Waals surface area contributed by atoms with Crippen LogP contribution in [0.15, 0.2) is 39.8 Å². The lowest BCUT2D eigenvalue weighted by atomic mass is 10.2. The fraction of sp³-hybridized carbons (Fsp3) is 0.167. The second-order valence-corrected chi connectivity index (χ2v) is 4.33. The molecule has 1 aromatic heterocycles. The lowest BCUT2D eigenvalue weighted by molar-refractivity contribution is 0.102. The van der Waals surface area contributed by atoms with Crippen LogP contribution in [0.3, 0.4) is 0 Å². The number of rotatable bonds is 3. The summed E-state index contributed by atoms with van der Waals surface area (Å²) in [5.41, 5.74) is 0.639. The van der Waals surface area contributed by atoms with Crippen molar-refractivity contribution in [1.29, 1.82) is 0 Å². The second-order valence-electron chi connectivity index (χ2n) is 3.48. The van der Waals surface area contributed by atoms with Gasteiger partial charge in [0.2, 0.25) is 0 Å². The van der Waals surface area contributed by atoms with E-state index in [0.29, 0.717) is 17.1 Å². The highest BCUT2D eigenvalue weighted by Crippen LogP contribution is 2.20. The van der Waals surface area contributed by atoms with Gasteiger partial charge in [0.25, 0.3) is 5.91 Å². The van der Waals surface area contributed by atoms with Gasteiger partial charge in [0, 0.05) is 11.0 Å². The molecule has 0 aliphatic rings. The lowest BCUT2D eigenvalue weighted by Crippen LogP contribution is -2.13. The summed E-state index contributed by atoms with van der Waals surface area (Å²) < 4.78 is 4.89. The zero-order valence-corrected chi connectivity index (χ0v) is 10.4. The summed E-state index contributed by atoms with van der Waals surface area (Å²) in [4.78, 5) is 12.9.